The van der Waals surface area contributed by atoms with Gasteiger partial charge in [0.15, 0.2) is 0 Å². The van der Waals surface area contributed by atoms with Crippen LogP contribution in [0.5, 0.6) is 0 Å². The van der Waals surface area contributed by atoms with E-state index in [1.165, 1.54) is 17.4 Å². The molecule has 4 rings (SSSR count). The molecule has 0 fully saturated rings. The van der Waals surface area contributed by atoms with Crippen molar-refractivity contribution in [2.75, 3.05) is 10.6 Å². The molecule has 0 spiro atoms. The van der Waals surface area contributed by atoms with Gasteiger partial charge < -0.3 is 10.6 Å². The van der Waals surface area contributed by atoms with Gasteiger partial charge in [-0.05, 0) is 61.4 Å². The van der Waals surface area contributed by atoms with Crippen LogP contribution >= 0.6 is 11.3 Å². The Bertz CT molecular complexity index is 1210. The molecule has 0 atom stereocenters. The molecule has 0 aliphatic rings. The van der Waals surface area contributed by atoms with Crippen molar-refractivity contribution in [3.63, 3.8) is 0 Å². The monoisotopic (exact) mass is 418 g/mol. The van der Waals surface area contributed by atoms with Crippen LogP contribution in [0.2, 0.25) is 0 Å². The maximum absolute atomic E-state index is 14.4. The van der Waals surface area contributed by atoms with Gasteiger partial charge in [0.05, 0.1) is 21.3 Å². The molecule has 30 heavy (non-hydrogen) atoms. The third-order valence-electron chi connectivity index (χ3n) is 4.44. The minimum absolute atomic E-state index is 0.101. The Morgan fingerprint density at radius 2 is 1.77 bits per heavy atom. The second-order valence-corrected chi connectivity index (χ2v) is 7.99. The highest BCUT2D eigenvalue weighted by atomic mass is 32.1. The van der Waals surface area contributed by atoms with E-state index in [0.29, 0.717) is 5.69 Å². The molecule has 0 radical (unpaired) electrons. The number of benzene rings is 2. The smallest absolute Gasteiger partial charge is 0.308 e. The number of nitrogens with zero attached hydrogens (tertiary/aromatic N) is 2. The molecule has 2 aromatic carbocycles. The Labute approximate surface area is 177 Å². The predicted octanol–water partition coefficient (Wildman–Crippen LogP) is 6.27. The van der Waals surface area contributed by atoms with E-state index in [9.17, 15) is 9.18 Å². The molecule has 0 bridgehead atoms. The van der Waals surface area contributed by atoms with E-state index in [4.69, 9.17) is 0 Å². The number of anilines is 2. The van der Waals surface area contributed by atoms with Gasteiger partial charge in [-0.3, -0.25) is 4.98 Å². The van der Waals surface area contributed by atoms with E-state index in [2.05, 4.69) is 20.6 Å². The largest absolute Gasteiger partial charge is 0.323 e. The lowest BCUT2D eigenvalue weighted by Gasteiger charge is -2.11. The van der Waals surface area contributed by atoms with Crippen molar-refractivity contribution in [3.8, 4) is 21.7 Å². The molecule has 0 unspecified atom stereocenters. The van der Waals surface area contributed by atoms with Gasteiger partial charge in [-0.2, -0.15) is 0 Å². The van der Waals surface area contributed by atoms with E-state index in [1.807, 2.05) is 44.2 Å². The number of hydrogen-bond donors (Lipinski definition) is 2. The molecule has 0 aliphatic heterocycles. The summed E-state index contributed by atoms with van der Waals surface area (Å²) in [5, 5.41) is 6.23. The number of carbonyl (C=O) groups is 1. The molecule has 2 aromatic heterocycles. The summed E-state index contributed by atoms with van der Waals surface area (Å²) >= 11 is 1.52. The molecule has 2 amide bonds. The zero-order valence-corrected chi connectivity index (χ0v) is 17.3. The van der Waals surface area contributed by atoms with Crippen molar-refractivity contribution in [3.05, 3.63) is 83.4 Å². The highest BCUT2D eigenvalue weighted by molar-refractivity contribution is 7.15. The Kier molecular flexibility index (Phi) is 5.54. The summed E-state index contributed by atoms with van der Waals surface area (Å²) < 4.78 is 14.4. The summed E-state index contributed by atoms with van der Waals surface area (Å²) in [6.45, 7) is 3.86. The number of aromatic nitrogens is 2. The van der Waals surface area contributed by atoms with Crippen LogP contribution in [0.1, 0.15) is 10.6 Å². The van der Waals surface area contributed by atoms with Crippen molar-refractivity contribution >= 4 is 28.7 Å². The molecule has 5 nitrogen and oxygen atoms in total. The minimum Gasteiger partial charge on any atom is -0.308 e. The highest BCUT2D eigenvalue weighted by Crippen LogP contribution is 2.37. The minimum atomic E-state index is -0.509. The summed E-state index contributed by atoms with van der Waals surface area (Å²) in [6.07, 6.45) is 3.42. The van der Waals surface area contributed by atoms with E-state index < -0.39 is 11.8 Å². The summed E-state index contributed by atoms with van der Waals surface area (Å²) in [5.41, 5.74) is 4.28. The topological polar surface area (TPSA) is 66.9 Å². The summed E-state index contributed by atoms with van der Waals surface area (Å²) in [5.74, 6) is -0.509. The number of hydrogen-bond acceptors (Lipinski definition) is 4. The lowest BCUT2D eigenvalue weighted by Crippen LogP contribution is -2.20. The van der Waals surface area contributed by atoms with E-state index >= 15 is 0 Å². The average Bonchev–Trinajstić information content (AvgIpc) is 3.12. The fourth-order valence-electron chi connectivity index (χ4n) is 3.10. The number of nitrogens with one attached hydrogen (secondary N) is 2. The van der Waals surface area contributed by atoms with Gasteiger partial charge in [0.25, 0.3) is 0 Å². The Balaban J connectivity index is 1.62. The van der Waals surface area contributed by atoms with E-state index in [1.54, 1.807) is 30.6 Å². The predicted molar refractivity (Wildman–Crippen MR) is 119 cm³/mol. The van der Waals surface area contributed by atoms with Crippen LogP contribution in [0.15, 0.2) is 67.0 Å². The zero-order chi connectivity index (χ0) is 21.1. The molecular formula is C23H19FN4OS. The number of urea groups is 1. The van der Waals surface area contributed by atoms with Gasteiger partial charge in [-0.1, -0.05) is 18.2 Å². The lowest BCUT2D eigenvalue weighted by molar-refractivity contribution is 0.262. The molecule has 4 aromatic rings. The molecule has 7 heteroatoms. The van der Waals surface area contributed by atoms with Crippen LogP contribution in [0.25, 0.3) is 21.7 Å². The Hall–Kier alpha value is -3.58. The van der Waals surface area contributed by atoms with Crippen molar-refractivity contribution < 1.29 is 9.18 Å². The van der Waals surface area contributed by atoms with Crippen LogP contribution in [0.4, 0.5) is 20.6 Å². The number of aryl methyl sites for hydroxylation is 2. The molecule has 0 saturated heterocycles. The number of thiazole rings is 1. The van der Waals surface area contributed by atoms with Crippen molar-refractivity contribution in [2.45, 2.75) is 13.8 Å². The second kappa shape index (κ2) is 8.42. The van der Waals surface area contributed by atoms with Crippen LogP contribution in [0.3, 0.4) is 0 Å². The van der Waals surface area contributed by atoms with Crippen molar-refractivity contribution in [1.82, 2.24) is 9.97 Å². The Morgan fingerprint density at radius 1 is 0.967 bits per heavy atom. The second-order valence-electron chi connectivity index (χ2n) is 6.79. The van der Waals surface area contributed by atoms with E-state index in [0.717, 1.165) is 32.3 Å². The molecule has 2 heterocycles. The first-order valence-corrected chi connectivity index (χ1v) is 10.1. The summed E-state index contributed by atoms with van der Waals surface area (Å²) in [4.78, 5) is 22.0. The van der Waals surface area contributed by atoms with Gasteiger partial charge in [0.2, 0.25) is 0 Å². The molecule has 0 saturated carbocycles. The van der Waals surface area contributed by atoms with Crippen LogP contribution < -0.4 is 10.6 Å². The number of halogens is 1. The maximum atomic E-state index is 14.4. The highest BCUT2D eigenvalue weighted by Gasteiger charge is 2.16. The first-order valence-electron chi connectivity index (χ1n) is 9.32. The standard InChI is InChI=1S/C23H19FN4OS/c1-14-4-3-5-18(12-14)27-23(29)28-20-13-17(6-7-19(20)24)22-21(26-15(2)30-22)16-8-10-25-11-9-16/h3-13H,1-2H3,(H2,27,28,29). The van der Waals surface area contributed by atoms with Gasteiger partial charge in [-0.25, -0.2) is 14.2 Å². The van der Waals surface area contributed by atoms with E-state index in [-0.39, 0.29) is 5.69 Å². The van der Waals surface area contributed by atoms with Gasteiger partial charge in [0.1, 0.15) is 5.82 Å². The quantitative estimate of drug-likeness (QED) is 0.410. The molecule has 2 N–H and O–H groups in total. The summed E-state index contributed by atoms with van der Waals surface area (Å²) in [6, 6.07) is 15.3. The first kappa shape index (κ1) is 19.7. The lowest BCUT2D eigenvalue weighted by atomic mass is 10.1. The zero-order valence-electron chi connectivity index (χ0n) is 16.4. The normalized spacial score (nSPS) is 10.6. The van der Waals surface area contributed by atoms with Crippen LogP contribution in [-0.2, 0) is 0 Å². The third-order valence-corrected chi connectivity index (χ3v) is 5.46. The SMILES string of the molecule is Cc1cccc(NC(=O)Nc2cc(-c3sc(C)nc3-c3ccncc3)ccc2F)c1. The number of rotatable bonds is 4. The van der Waals surface area contributed by atoms with Gasteiger partial charge >= 0.3 is 6.03 Å². The first-order chi connectivity index (χ1) is 14.5. The Morgan fingerprint density at radius 3 is 2.53 bits per heavy atom. The molecule has 150 valence electrons. The van der Waals surface area contributed by atoms with Gasteiger partial charge in [-0.15, -0.1) is 11.3 Å². The fraction of sp³-hybridized carbons (Fsp3) is 0.0870. The molecule has 0 aliphatic carbocycles. The maximum Gasteiger partial charge on any atom is 0.323 e. The number of carbonyl (C=O) groups excluding carboxylic acids is 1. The third kappa shape index (κ3) is 4.36. The van der Waals surface area contributed by atoms with Crippen LogP contribution in [-0.4, -0.2) is 16.0 Å². The fourth-order valence-corrected chi connectivity index (χ4v) is 4.04. The molecular weight excluding hydrogens is 399 g/mol. The van der Waals surface area contributed by atoms with Crippen molar-refractivity contribution in [2.24, 2.45) is 0 Å². The summed E-state index contributed by atoms with van der Waals surface area (Å²) in [7, 11) is 0. The average molecular weight is 418 g/mol. The number of pyridine rings is 1. The van der Waals surface area contributed by atoms with Crippen LogP contribution in [0, 0.1) is 19.7 Å². The number of amides is 2. The van der Waals surface area contributed by atoms with Crippen molar-refractivity contribution in [1.29, 1.82) is 0 Å². The van der Waals surface area contributed by atoms with Gasteiger partial charge in [0, 0.05) is 23.6 Å².